The molecule has 0 unspecified atom stereocenters. The molecule has 3 aromatic rings. The van der Waals surface area contributed by atoms with Gasteiger partial charge in [0, 0.05) is 37.4 Å². The number of nitrogens with zero attached hydrogens (tertiary/aromatic N) is 5. The van der Waals surface area contributed by atoms with Crippen molar-refractivity contribution in [3.63, 3.8) is 0 Å². The van der Waals surface area contributed by atoms with E-state index >= 15 is 0 Å². The highest BCUT2D eigenvalue weighted by molar-refractivity contribution is 5.78. The number of guanidine groups is 1. The molecule has 0 radical (unpaired) electrons. The highest BCUT2D eigenvalue weighted by Gasteiger charge is 2.18. The van der Waals surface area contributed by atoms with Crippen LogP contribution in [0.4, 0.5) is 10.1 Å². The number of hydrogen-bond donors (Lipinski definition) is 2. The third-order valence-corrected chi connectivity index (χ3v) is 5.00. The Labute approximate surface area is 169 Å². The van der Waals surface area contributed by atoms with Gasteiger partial charge in [-0.25, -0.2) is 14.4 Å². The summed E-state index contributed by atoms with van der Waals surface area (Å²) in [5.41, 5.74) is 9.27. The highest BCUT2D eigenvalue weighted by Crippen LogP contribution is 2.18. The summed E-state index contributed by atoms with van der Waals surface area (Å²) in [6.07, 6.45) is 0. The first-order chi connectivity index (χ1) is 14.1. The molecule has 2 aromatic carbocycles. The lowest BCUT2D eigenvalue weighted by molar-refractivity contribution is 0.380. The Kier molecular flexibility index (Phi) is 5.41. The van der Waals surface area contributed by atoms with E-state index in [1.54, 1.807) is 0 Å². The summed E-state index contributed by atoms with van der Waals surface area (Å²) < 4.78 is 13.1. The molecule has 150 valence electrons. The van der Waals surface area contributed by atoms with Crippen molar-refractivity contribution in [2.75, 3.05) is 31.1 Å². The van der Waals surface area contributed by atoms with Crippen LogP contribution < -0.4 is 10.6 Å². The molecule has 0 saturated carbocycles. The first-order valence-corrected chi connectivity index (χ1v) is 9.62. The number of aromatic amines is 1. The lowest BCUT2D eigenvalue weighted by Crippen LogP contribution is -2.51. The number of H-pyrrole nitrogens is 1. The zero-order valence-electron chi connectivity index (χ0n) is 16.3. The predicted molar refractivity (Wildman–Crippen MR) is 112 cm³/mol. The van der Waals surface area contributed by atoms with Crippen LogP contribution in [0.15, 0.2) is 53.5 Å². The number of aryl methyl sites for hydroxylation is 1. The van der Waals surface area contributed by atoms with Gasteiger partial charge in [0.1, 0.15) is 11.6 Å². The summed E-state index contributed by atoms with van der Waals surface area (Å²) in [6, 6.07) is 14.6. The van der Waals surface area contributed by atoms with E-state index in [1.807, 2.05) is 43.3 Å². The smallest absolute Gasteiger partial charge is 0.191 e. The Morgan fingerprint density at radius 2 is 1.90 bits per heavy atom. The lowest BCUT2D eigenvalue weighted by atomic mass is 10.1. The molecule has 1 aliphatic heterocycles. The van der Waals surface area contributed by atoms with Gasteiger partial charge in [-0.1, -0.05) is 18.2 Å². The van der Waals surface area contributed by atoms with Crippen molar-refractivity contribution in [3.8, 4) is 11.4 Å². The number of nitrogens with one attached hydrogen (secondary N) is 1. The standard InChI is InChI=1S/C21H24FN7/c1-15-25-20(27-26-15)17-4-2-3-16(13-17)14-24-21(23)29-11-9-28(10-12-29)19-7-5-18(22)6-8-19/h2-8,13H,9-12,14H2,1H3,(H2,23,24)(H,25,26,27). The van der Waals surface area contributed by atoms with Gasteiger partial charge in [-0.15, -0.1) is 0 Å². The number of piperazine rings is 1. The van der Waals surface area contributed by atoms with Crippen molar-refractivity contribution in [2.45, 2.75) is 13.5 Å². The van der Waals surface area contributed by atoms with E-state index in [0.29, 0.717) is 18.3 Å². The molecule has 29 heavy (non-hydrogen) atoms. The topological polar surface area (TPSA) is 86.4 Å². The van der Waals surface area contributed by atoms with Crippen molar-refractivity contribution < 1.29 is 4.39 Å². The Morgan fingerprint density at radius 1 is 1.14 bits per heavy atom. The highest BCUT2D eigenvalue weighted by atomic mass is 19.1. The first kappa shape index (κ1) is 18.9. The van der Waals surface area contributed by atoms with Crippen LogP contribution in [-0.4, -0.2) is 52.2 Å². The fourth-order valence-corrected chi connectivity index (χ4v) is 3.40. The van der Waals surface area contributed by atoms with Gasteiger partial charge in [0.25, 0.3) is 0 Å². The summed E-state index contributed by atoms with van der Waals surface area (Å²) in [4.78, 5) is 13.3. The van der Waals surface area contributed by atoms with Crippen molar-refractivity contribution in [2.24, 2.45) is 10.7 Å². The van der Waals surface area contributed by atoms with Gasteiger partial charge in [-0.2, -0.15) is 5.10 Å². The van der Waals surface area contributed by atoms with E-state index in [1.165, 1.54) is 12.1 Å². The maximum atomic E-state index is 13.1. The normalized spacial score (nSPS) is 15.0. The molecule has 0 bridgehead atoms. The molecule has 0 atom stereocenters. The van der Waals surface area contributed by atoms with Crippen molar-refractivity contribution in [3.05, 3.63) is 65.7 Å². The van der Waals surface area contributed by atoms with Crippen LogP contribution >= 0.6 is 0 Å². The van der Waals surface area contributed by atoms with Crippen molar-refractivity contribution in [1.29, 1.82) is 0 Å². The second kappa shape index (κ2) is 8.30. The molecule has 0 amide bonds. The molecule has 1 saturated heterocycles. The largest absolute Gasteiger partial charge is 0.370 e. The SMILES string of the molecule is Cc1nc(-c2cccc(CN=C(N)N3CCN(c4ccc(F)cc4)CC3)c2)n[nH]1. The summed E-state index contributed by atoms with van der Waals surface area (Å²) in [5, 5.41) is 7.06. The molecular formula is C21H24FN7. The summed E-state index contributed by atoms with van der Waals surface area (Å²) in [5.74, 6) is 1.79. The van der Waals surface area contributed by atoms with Crippen LogP contribution in [0, 0.1) is 12.7 Å². The van der Waals surface area contributed by atoms with Crippen molar-refractivity contribution in [1.82, 2.24) is 20.1 Å². The van der Waals surface area contributed by atoms with E-state index in [4.69, 9.17) is 5.73 Å². The van der Waals surface area contributed by atoms with Crippen LogP contribution in [0.5, 0.6) is 0 Å². The Bertz CT molecular complexity index is 988. The van der Waals surface area contributed by atoms with Gasteiger partial charge in [0.2, 0.25) is 0 Å². The average Bonchev–Trinajstić information content (AvgIpc) is 3.19. The van der Waals surface area contributed by atoms with Gasteiger partial charge in [0.15, 0.2) is 11.8 Å². The number of anilines is 1. The number of benzene rings is 2. The molecule has 1 aromatic heterocycles. The Morgan fingerprint density at radius 3 is 2.59 bits per heavy atom. The van der Waals surface area contributed by atoms with Crippen LogP contribution in [-0.2, 0) is 6.54 Å². The lowest BCUT2D eigenvalue weighted by Gasteiger charge is -2.36. The molecule has 1 fully saturated rings. The quantitative estimate of drug-likeness (QED) is 0.526. The third kappa shape index (κ3) is 4.53. The minimum absolute atomic E-state index is 0.217. The van der Waals surface area contributed by atoms with Gasteiger partial charge >= 0.3 is 0 Å². The monoisotopic (exact) mass is 393 g/mol. The number of aliphatic imine (C=N–C) groups is 1. The van der Waals surface area contributed by atoms with Gasteiger partial charge < -0.3 is 15.5 Å². The second-order valence-corrected chi connectivity index (χ2v) is 7.07. The van der Waals surface area contributed by atoms with Crippen LogP contribution in [0.25, 0.3) is 11.4 Å². The average molecular weight is 393 g/mol. The molecule has 7 nitrogen and oxygen atoms in total. The minimum atomic E-state index is -0.217. The van der Waals surface area contributed by atoms with Crippen LogP contribution in [0.3, 0.4) is 0 Å². The summed E-state index contributed by atoms with van der Waals surface area (Å²) in [6.45, 7) is 5.58. The van der Waals surface area contributed by atoms with Crippen LogP contribution in [0.2, 0.25) is 0 Å². The maximum Gasteiger partial charge on any atom is 0.191 e. The zero-order valence-corrected chi connectivity index (χ0v) is 16.3. The van der Waals surface area contributed by atoms with Crippen molar-refractivity contribution >= 4 is 11.6 Å². The van der Waals surface area contributed by atoms with E-state index in [9.17, 15) is 4.39 Å². The molecule has 3 N–H and O–H groups in total. The molecular weight excluding hydrogens is 369 g/mol. The number of rotatable bonds is 4. The van der Waals surface area contributed by atoms with E-state index < -0.39 is 0 Å². The fraction of sp³-hybridized carbons (Fsp3) is 0.286. The predicted octanol–water partition coefficient (Wildman–Crippen LogP) is 2.56. The second-order valence-electron chi connectivity index (χ2n) is 7.07. The third-order valence-electron chi connectivity index (χ3n) is 5.00. The van der Waals surface area contributed by atoms with Crippen LogP contribution in [0.1, 0.15) is 11.4 Å². The molecule has 8 heteroatoms. The summed E-state index contributed by atoms with van der Waals surface area (Å²) in [7, 11) is 0. The molecule has 4 rings (SSSR count). The Hall–Kier alpha value is -3.42. The molecule has 2 heterocycles. The molecule has 0 aliphatic carbocycles. The van der Waals surface area contributed by atoms with Gasteiger partial charge in [0.05, 0.1) is 6.54 Å². The number of hydrogen-bond acceptors (Lipinski definition) is 4. The molecule has 1 aliphatic rings. The first-order valence-electron chi connectivity index (χ1n) is 9.62. The van der Waals surface area contributed by atoms with E-state index in [-0.39, 0.29) is 5.82 Å². The Balaban J connectivity index is 1.35. The number of aromatic nitrogens is 3. The van der Waals surface area contributed by atoms with Gasteiger partial charge in [-0.3, -0.25) is 5.10 Å². The number of halogens is 1. The minimum Gasteiger partial charge on any atom is -0.370 e. The molecule has 0 spiro atoms. The van der Waals surface area contributed by atoms with E-state index in [0.717, 1.165) is 48.8 Å². The number of nitrogens with two attached hydrogens (primary N) is 1. The maximum absolute atomic E-state index is 13.1. The fourth-order valence-electron chi connectivity index (χ4n) is 3.40. The summed E-state index contributed by atoms with van der Waals surface area (Å²) >= 11 is 0. The zero-order chi connectivity index (χ0) is 20.2. The van der Waals surface area contributed by atoms with E-state index in [2.05, 4.69) is 30.0 Å². The van der Waals surface area contributed by atoms with Gasteiger partial charge in [-0.05, 0) is 42.8 Å².